The number of likely N-dealkylation sites (tertiary alicyclic amines) is 1. The summed E-state index contributed by atoms with van der Waals surface area (Å²) in [5.74, 6) is 0.514. The van der Waals surface area contributed by atoms with Crippen molar-refractivity contribution < 1.29 is 14.6 Å². The van der Waals surface area contributed by atoms with E-state index in [0.29, 0.717) is 25.3 Å². The number of hydrogen-bond donors (Lipinski definition) is 2. The number of aliphatic imine (C=N–C) groups is 1. The molecule has 0 radical (unpaired) electrons. The Kier molecular flexibility index (Phi) is 9.05. The highest BCUT2D eigenvalue weighted by molar-refractivity contribution is 14.0. The molecule has 1 saturated heterocycles. The molecule has 0 spiro atoms. The third-order valence-electron chi connectivity index (χ3n) is 3.67. The van der Waals surface area contributed by atoms with E-state index in [9.17, 15) is 9.90 Å². The minimum atomic E-state index is -0.304. The molecular weight excluding hydrogens is 421 g/mol. The summed E-state index contributed by atoms with van der Waals surface area (Å²) >= 11 is 0. The predicted molar refractivity (Wildman–Crippen MR) is 105 cm³/mol. The zero-order valence-electron chi connectivity index (χ0n) is 14.2. The third-order valence-corrected chi connectivity index (χ3v) is 3.67. The van der Waals surface area contributed by atoms with Crippen LogP contribution in [0.25, 0.3) is 0 Å². The fourth-order valence-electron chi connectivity index (χ4n) is 2.49. The lowest BCUT2D eigenvalue weighted by atomic mass is 10.1. The van der Waals surface area contributed by atoms with Gasteiger partial charge < -0.3 is 20.1 Å². The number of hydrogen-bond acceptors (Lipinski definition) is 4. The summed E-state index contributed by atoms with van der Waals surface area (Å²) < 4.78 is 4.97. The van der Waals surface area contributed by atoms with E-state index >= 15 is 0 Å². The average Bonchev–Trinajstić information content (AvgIpc) is 2.98. The summed E-state index contributed by atoms with van der Waals surface area (Å²) in [4.78, 5) is 18.3. The van der Waals surface area contributed by atoms with Gasteiger partial charge in [0.2, 0.25) is 0 Å². The summed E-state index contributed by atoms with van der Waals surface area (Å²) in [6, 6.07) is 7.29. The first-order chi connectivity index (χ1) is 11.1. The van der Waals surface area contributed by atoms with Gasteiger partial charge in [0, 0.05) is 19.6 Å². The molecule has 1 aliphatic heterocycles. The Bertz CT molecular complexity index is 549. The number of benzene rings is 1. The molecule has 1 heterocycles. The molecule has 2 rings (SSSR count). The van der Waals surface area contributed by atoms with Crippen molar-refractivity contribution in [1.82, 2.24) is 10.2 Å². The van der Waals surface area contributed by atoms with Crippen molar-refractivity contribution in [3.05, 3.63) is 35.4 Å². The van der Waals surface area contributed by atoms with Crippen molar-refractivity contribution in [3.63, 3.8) is 0 Å². The van der Waals surface area contributed by atoms with E-state index in [1.165, 1.54) is 0 Å². The predicted octanol–water partition coefficient (Wildman–Crippen LogP) is 2.01. The van der Waals surface area contributed by atoms with Crippen molar-refractivity contribution in [2.45, 2.75) is 32.9 Å². The van der Waals surface area contributed by atoms with E-state index in [1.807, 2.05) is 19.1 Å². The van der Waals surface area contributed by atoms with Crippen LogP contribution in [-0.4, -0.2) is 54.3 Å². The molecule has 0 unspecified atom stereocenters. The summed E-state index contributed by atoms with van der Waals surface area (Å²) in [6.45, 7) is 6.93. The van der Waals surface area contributed by atoms with Gasteiger partial charge in [0.05, 0.1) is 24.8 Å². The fraction of sp³-hybridized carbons (Fsp3) is 0.529. The maximum Gasteiger partial charge on any atom is 0.338 e. The van der Waals surface area contributed by atoms with E-state index in [4.69, 9.17) is 4.74 Å². The molecular formula is C17H26IN3O3. The second-order valence-electron chi connectivity index (χ2n) is 5.48. The molecule has 7 heteroatoms. The number of carbonyl (C=O) groups excluding carboxylic acids is 1. The second-order valence-corrected chi connectivity index (χ2v) is 5.48. The number of guanidine groups is 1. The Balaban J connectivity index is 0.00000288. The minimum Gasteiger partial charge on any atom is -0.462 e. The van der Waals surface area contributed by atoms with Crippen LogP contribution in [0.5, 0.6) is 0 Å². The topological polar surface area (TPSA) is 74.2 Å². The highest BCUT2D eigenvalue weighted by Gasteiger charge is 2.22. The number of esters is 1. The van der Waals surface area contributed by atoms with Crippen molar-refractivity contribution in [2.75, 3.05) is 26.2 Å². The van der Waals surface area contributed by atoms with Crippen molar-refractivity contribution >= 4 is 35.9 Å². The lowest BCUT2D eigenvalue weighted by molar-refractivity contribution is 0.0526. The largest absolute Gasteiger partial charge is 0.462 e. The lowest BCUT2D eigenvalue weighted by Crippen LogP contribution is -2.40. The number of β-amino-alcohol motifs (C(OH)–C–C–N with tert-alkyl or cyclic N) is 1. The number of aliphatic hydroxyl groups is 1. The molecule has 134 valence electrons. The van der Waals surface area contributed by atoms with Crippen LogP contribution in [0.3, 0.4) is 0 Å². The highest BCUT2D eigenvalue weighted by atomic mass is 127. The number of nitrogens with zero attached hydrogens (tertiary/aromatic N) is 2. The van der Waals surface area contributed by atoms with Gasteiger partial charge in [-0.1, -0.05) is 12.1 Å². The van der Waals surface area contributed by atoms with Crippen molar-refractivity contribution in [2.24, 2.45) is 4.99 Å². The maximum absolute atomic E-state index is 11.6. The Labute approximate surface area is 160 Å². The molecule has 1 aromatic carbocycles. The Morgan fingerprint density at radius 1 is 1.38 bits per heavy atom. The molecule has 0 aromatic heterocycles. The molecule has 6 nitrogen and oxygen atoms in total. The second kappa shape index (κ2) is 10.5. The molecule has 24 heavy (non-hydrogen) atoms. The molecule has 1 fully saturated rings. The molecule has 0 amide bonds. The number of ether oxygens (including phenoxy) is 1. The standard InChI is InChI=1S/C17H25N3O3.HI/c1-3-18-17(20-10-9-15(21)12-20)19-11-13-5-7-14(8-6-13)16(22)23-4-2;/h5-8,15,21H,3-4,9-12H2,1-2H3,(H,18,19);1H/t15-;/m1./s1. The summed E-state index contributed by atoms with van der Waals surface area (Å²) in [7, 11) is 0. The normalized spacial score (nSPS) is 17.4. The molecule has 0 bridgehead atoms. The van der Waals surface area contributed by atoms with Gasteiger partial charge in [0.1, 0.15) is 0 Å². The molecule has 1 aliphatic rings. The van der Waals surface area contributed by atoms with E-state index in [0.717, 1.165) is 31.0 Å². The first-order valence-corrected chi connectivity index (χ1v) is 8.11. The van der Waals surface area contributed by atoms with Gasteiger partial charge in [-0.25, -0.2) is 9.79 Å². The van der Waals surface area contributed by atoms with Gasteiger partial charge in [0.15, 0.2) is 5.96 Å². The Hall–Kier alpha value is -1.35. The molecule has 2 N–H and O–H groups in total. The SMILES string of the molecule is CCNC(=NCc1ccc(C(=O)OCC)cc1)N1CC[C@@H](O)C1.I. The monoisotopic (exact) mass is 447 g/mol. The van der Waals surface area contributed by atoms with Crippen LogP contribution < -0.4 is 5.32 Å². The van der Waals surface area contributed by atoms with Crippen LogP contribution >= 0.6 is 24.0 Å². The maximum atomic E-state index is 11.6. The van der Waals surface area contributed by atoms with E-state index < -0.39 is 0 Å². The summed E-state index contributed by atoms with van der Waals surface area (Å²) in [6.07, 6.45) is 0.501. The smallest absolute Gasteiger partial charge is 0.338 e. The highest BCUT2D eigenvalue weighted by Crippen LogP contribution is 2.11. The van der Waals surface area contributed by atoms with Gasteiger partial charge in [0.25, 0.3) is 0 Å². The quantitative estimate of drug-likeness (QED) is 0.313. The number of carbonyl (C=O) groups is 1. The van der Waals surface area contributed by atoms with Crippen molar-refractivity contribution in [1.29, 1.82) is 0 Å². The van der Waals surface area contributed by atoms with E-state index in [-0.39, 0.29) is 36.0 Å². The lowest BCUT2D eigenvalue weighted by Gasteiger charge is -2.20. The fourth-order valence-corrected chi connectivity index (χ4v) is 2.49. The molecule has 1 atom stereocenters. The van der Waals surface area contributed by atoms with Crippen LogP contribution in [0.4, 0.5) is 0 Å². The van der Waals surface area contributed by atoms with Gasteiger partial charge in [-0.15, -0.1) is 24.0 Å². The molecule has 1 aromatic rings. The molecule has 0 saturated carbocycles. The van der Waals surface area contributed by atoms with Gasteiger partial charge in [-0.05, 0) is 38.0 Å². The van der Waals surface area contributed by atoms with Gasteiger partial charge in [-0.3, -0.25) is 0 Å². The summed E-state index contributed by atoms with van der Waals surface area (Å²) in [5.41, 5.74) is 1.57. The Morgan fingerprint density at radius 3 is 2.62 bits per heavy atom. The average molecular weight is 447 g/mol. The van der Waals surface area contributed by atoms with Gasteiger partial charge >= 0.3 is 5.97 Å². The zero-order chi connectivity index (χ0) is 16.7. The number of halogens is 1. The van der Waals surface area contributed by atoms with E-state index in [2.05, 4.69) is 15.2 Å². The summed E-state index contributed by atoms with van der Waals surface area (Å²) in [5, 5.41) is 12.9. The minimum absolute atomic E-state index is 0. The van der Waals surface area contributed by atoms with Gasteiger partial charge in [-0.2, -0.15) is 0 Å². The van der Waals surface area contributed by atoms with Crippen LogP contribution in [0.15, 0.2) is 29.3 Å². The molecule has 0 aliphatic carbocycles. The number of aliphatic hydroxyl groups excluding tert-OH is 1. The van der Waals surface area contributed by atoms with Crippen LogP contribution in [-0.2, 0) is 11.3 Å². The first kappa shape index (κ1) is 20.7. The number of nitrogens with one attached hydrogen (secondary N) is 1. The Morgan fingerprint density at radius 2 is 2.08 bits per heavy atom. The van der Waals surface area contributed by atoms with Crippen LogP contribution in [0, 0.1) is 0 Å². The van der Waals surface area contributed by atoms with E-state index in [1.54, 1.807) is 19.1 Å². The van der Waals surface area contributed by atoms with Crippen LogP contribution in [0.2, 0.25) is 0 Å². The van der Waals surface area contributed by atoms with Crippen molar-refractivity contribution in [3.8, 4) is 0 Å². The third kappa shape index (κ3) is 5.94. The first-order valence-electron chi connectivity index (χ1n) is 8.11. The zero-order valence-corrected chi connectivity index (χ0v) is 16.5. The van der Waals surface area contributed by atoms with Crippen LogP contribution in [0.1, 0.15) is 36.2 Å². The number of rotatable bonds is 5.